The Labute approximate surface area is 87.5 Å². The third-order valence-corrected chi connectivity index (χ3v) is 2.09. The second kappa shape index (κ2) is 3.10. The Kier molecular flexibility index (Phi) is 2.11. The molecule has 0 saturated heterocycles. The van der Waals surface area contributed by atoms with Crippen LogP contribution in [-0.4, -0.2) is 14.4 Å². The van der Waals surface area contributed by atoms with Crippen molar-refractivity contribution in [3.63, 3.8) is 0 Å². The number of nitrogens with zero attached hydrogens (tertiary/aromatic N) is 3. The molecule has 0 aromatic carbocycles. The lowest BCUT2D eigenvalue weighted by Crippen LogP contribution is -2.09. The van der Waals surface area contributed by atoms with Gasteiger partial charge in [-0.1, -0.05) is 0 Å². The van der Waals surface area contributed by atoms with Crippen LogP contribution in [0.1, 0.15) is 11.4 Å². The van der Waals surface area contributed by atoms with E-state index in [2.05, 4.69) is 9.97 Å². The fourth-order valence-electron chi connectivity index (χ4n) is 1.22. The van der Waals surface area contributed by atoms with E-state index in [9.17, 15) is 13.2 Å². The van der Waals surface area contributed by atoms with Gasteiger partial charge in [0.1, 0.15) is 5.65 Å². The first kappa shape index (κ1) is 10.2. The fraction of sp³-hybridized carbons (Fsp3) is 0.250. The van der Waals surface area contributed by atoms with E-state index in [4.69, 9.17) is 11.6 Å². The van der Waals surface area contributed by atoms with E-state index in [1.165, 1.54) is 10.6 Å². The minimum atomic E-state index is -4.51. The molecule has 0 aliphatic carbocycles. The molecule has 0 N–H and O–H groups in total. The summed E-state index contributed by atoms with van der Waals surface area (Å²) in [6.45, 7) is 1.66. The number of aryl methyl sites for hydroxylation is 1. The predicted octanol–water partition coefficient (Wildman–Crippen LogP) is 2.71. The number of rotatable bonds is 0. The van der Waals surface area contributed by atoms with E-state index in [-0.39, 0.29) is 10.9 Å². The zero-order valence-electron chi connectivity index (χ0n) is 7.51. The molecule has 2 heterocycles. The first-order valence-corrected chi connectivity index (χ1v) is 4.35. The maximum atomic E-state index is 12.3. The van der Waals surface area contributed by atoms with Crippen molar-refractivity contribution in [2.75, 3.05) is 0 Å². The Bertz CT molecular complexity index is 518. The summed E-state index contributed by atoms with van der Waals surface area (Å²) in [5.41, 5.74) is -0.316. The normalized spacial score (nSPS) is 12.3. The quantitative estimate of drug-likeness (QED) is 0.657. The van der Waals surface area contributed by atoms with Crippen molar-refractivity contribution in [1.82, 2.24) is 14.4 Å². The predicted molar refractivity (Wildman–Crippen MR) is 47.7 cm³/mol. The smallest absolute Gasteiger partial charge is 0.274 e. The number of hydrogen-bond acceptors (Lipinski definition) is 2. The topological polar surface area (TPSA) is 30.2 Å². The summed E-state index contributed by atoms with van der Waals surface area (Å²) in [6.07, 6.45) is -2.99. The molecule has 0 aliphatic rings. The molecule has 0 bridgehead atoms. The van der Waals surface area contributed by atoms with E-state index in [1.54, 1.807) is 6.92 Å². The molecule has 2 aromatic rings. The third-order valence-electron chi connectivity index (χ3n) is 1.82. The highest BCUT2D eigenvalue weighted by Gasteiger charge is 2.33. The van der Waals surface area contributed by atoms with Crippen LogP contribution in [0.2, 0.25) is 5.28 Å². The van der Waals surface area contributed by atoms with Gasteiger partial charge in [0.15, 0.2) is 5.69 Å². The van der Waals surface area contributed by atoms with Crippen LogP contribution in [-0.2, 0) is 6.18 Å². The summed E-state index contributed by atoms with van der Waals surface area (Å²) in [4.78, 5) is 7.14. The van der Waals surface area contributed by atoms with Crippen LogP contribution < -0.4 is 0 Å². The highest BCUT2D eigenvalue weighted by Crippen LogP contribution is 2.29. The van der Waals surface area contributed by atoms with Crippen molar-refractivity contribution in [1.29, 1.82) is 0 Å². The summed E-state index contributed by atoms with van der Waals surface area (Å²) >= 11 is 5.59. The molecule has 0 radical (unpaired) electrons. The molecule has 0 spiro atoms. The number of hydrogen-bond donors (Lipinski definition) is 0. The Morgan fingerprint density at radius 3 is 2.60 bits per heavy atom. The van der Waals surface area contributed by atoms with Crippen LogP contribution in [0.3, 0.4) is 0 Å². The zero-order valence-corrected chi connectivity index (χ0v) is 8.26. The second-order valence-corrected chi connectivity index (χ2v) is 3.36. The average molecular weight is 236 g/mol. The summed E-state index contributed by atoms with van der Waals surface area (Å²) in [5.74, 6) is 0. The highest BCUT2D eigenvalue weighted by molar-refractivity contribution is 6.28. The first-order chi connectivity index (χ1) is 6.88. The van der Waals surface area contributed by atoms with Crippen LogP contribution in [0.4, 0.5) is 13.2 Å². The first-order valence-electron chi connectivity index (χ1n) is 3.97. The SMILES string of the molecule is Cc1cn2c(Cl)nc(C(F)(F)F)cc2n1. The van der Waals surface area contributed by atoms with Crippen LogP contribution >= 0.6 is 11.6 Å². The van der Waals surface area contributed by atoms with E-state index in [1.807, 2.05) is 0 Å². The van der Waals surface area contributed by atoms with Crippen molar-refractivity contribution < 1.29 is 13.2 Å². The van der Waals surface area contributed by atoms with Gasteiger partial charge in [-0.05, 0) is 18.5 Å². The molecular weight excluding hydrogens is 231 g/mol. The number of alkyl halides is 3. The standard InChI is InChI=1S/C8H5ClF3N3/c1-4-3-15-6(13-4)2-5(8(10,11)12)14-7(15)9/h2-3H,1H3. The maximum Gasteiger partial charge on any atom is 0.433 e. The number of fused-ring (bicyclic) bond motifs is 1. The number of imidazole rings is 1. The van der Waals surface area contributed by atoms with Crippen molar-refractivity contribution in [3.8, 4) is 0 Å². The van der Waals surface area contributed by atoms with Gasteiger partial charge in [-0.3, -0.25) is 4.40 Å². The Morgan fingerprint density at radius 2 is 2.00 bits per heavy atom. The van der Waals surface area contributed by atoms with Gasteiger partial charge in [-0.2, -0.15) is 13.2 Å². The molecule has 2 rings (SSSR count). The Hall–Kier alpha value is -1.30. The summed E-state index contributed by atoms with van der Waals surface area (Å²) < 4.78 is 38.3. The highest BCUT2D eigenvalue weighted by atomic mass is 35.5. The molecule has 0 unspecified atom stereocenters. The second-order valence-electron chi connectivity index (χ2n) is 3.02. The molecule has 15 heavy (non-hydrogen) atoms. The molecule has 0 atom stereocenters. The molecule has 2 aromatic heterocycles. The van der Waals surface area contributed by atoms with E-state index < -0.39 is 11.9 Å². The van der Waals surface area contributed by atoms with Crippen LogP contribution in [0.15, 0.2) is 12.3 Å². The average Bonchev–Trinajstić information content (AvgIpc) is 2.44. The number of aromatic nitrogens is 3. The summed E-state index contributed by atoms with van der Waals surface area (Å²) in [6, 6.07) is 0.860. The molecule has 7 heteroatoms. The molecule has 0 aliphatic heterocycles. The summed E-state index contributed by atoms with van der Waals surface area (Å²) in [5, 5.41) is -0.250. The molecule has 0 amide bonds. The molecule has 80 valence electrons. The third kappa shape index (κ3) is 1.77. The lowest BCUT2D eigenvalue weighted by atomic mass is 10.4. The van der Waals surface area contributed by atoms with Gasteiger partial charge in [-0.25, -0.2) is 9.97 Å². The van der Waals surface area contributed by atoms with E-state index in [0.717, 1.165) is 6.07 Å². The fourth-order valence-corrected chi connectivity index (χ4v) is 1.45. The van der Waals surface area contributed by atoms with Crippen molar-refractivity contribution >= 4 is 17.2 Å². The molecular formula is C8H5ClF3N3. The maximum absolute atomic E-state index is 12.3. The van der Waals surface area contributed by atoms with Gasteiger partial charge in [0.05, 0.1) is 5.69 Å². The Morgan fingerprint density at radius 1 is 1.33 bits per heavy atom. The van der Waals surface area contributed by atoms with Crippen LogP contribution in [0.5, 0.6) is 0 Å². The molecule has 0 saturated carbocycles. The van der Waals surface area contributed by atoms with Gasteiger partial charge < -0.3 is 0 Å². The van der Waals surface area contributed by atoms with Crippen molar-refractivity contribution in [3.05, 3.63) is 28.9 Å². The number of halogens is 4. The van der Waals surface area contributed by atoms with Crippen molar-refractivity contribution in [2.24, 2.45) is 0 Å². The monoisotopic (exact) mass is 235 g/mol. The lowest BCUT2D eigenvalue weighted by Gasteiger charge is -2.06. The zero-order chi connectivity index (χ0) is 11.2. The van der Waals surface area contributed by atoms with Gasteiger partial charge >= 0.3 is 6.18 Å². The van der Waals surface area contributed by atoms with Gasteiger partial charge in [0.2, 0.25) is 5.28 Å². The molecule has 3 nitrogen and oxygen atoms in total. The van der Waals surface area contributed by atoms with Crippen molar-refractivity contribution in [2.45, 2.75) is 13.1 Å². The largest absolute Gasteiger partial charge is 0.433 e. The van der Waals surface area contributed by atoms with E-state index in [0.29, 0.717) is 5.69 Å². The summed E-state index contributed by atoms with van der Waals surface area (Å²) in [7, 11) is 0. The lowest BCUT2D eigenvalue weighted by molar-refractivity contribution is -0.141. The van der Waals surface area contributed by atoms with Crippen LogP contribution in [0, 0.1) is 6.92 Å². The van der Waals surface area contributed by atoms with Crippen LogP contribution in [0.25, 0.3) is 5.65 Å². The van der Waals surface area contributed by atoms with Gasteiger partial charge in [0.25, 0.3) is 0 Å². The Balaban J connectivity index is 2.72. The van der Waals surface area contributed by atoms with Gasteiger partial charge in [0, 0.05) is 12.3 Å². The minimum absolute atomic E-state index is 0.139. The van der Waals surface area contributed by atoms with E-state index >= 15 is 0 Å². The minimum Gasteiger partial charge on any atom is -0.274 e. The van der Waals surface area contributed by atoms with Gasteiger partial charge in [-0.15, -0.1) is 0 Å². The molecule has 0 fully saturated rings.